The van der Waals surface area contributed by atoms with Gasteiger partial charge in [0.05, 0.1) is 23.9 Å². The minimum Gasteiger partial charge on any atom is -0.394 e. The molecule has 0 aliphatic rings. The van der Waals surface area contributed by atoms with Crippen molar-refractivity contribution < 1.29 is 14.6 Å². The van der Waals surface area contributed by atoms with Gasteiger partial charge in [0.25, 0.3) is 0 Å². The van der Waals surface area contributed by atoms with Crippen molar-refractivity contribution in [3.63, 3.8) is 0 Å². The number of anilines is 1. The molecule has 7 heteroatoms. The maximum Gasteiger partial charge on any atom is 0.319 e. The van der Waals surface area contributed by atoms with Crippen LogP contribution in [0.25, 0.3) is 0 Å². The molecule has 0 fully saturated rings. The van der Waals surface area contributed by atoms with Crippen LogP contribution in [0.5, 0.6) is 0 Å². The van der Waals surface area contributed by atoms with Crippen molar-refractivity contribution in [2.75, 3.05) is 31.7 Å². The number of rotatable bonds is 7. The van der Waals surface area contributed by atoms with Crippen LogP contribution in [0.15, 0.2) is 18.2 Å². The largest absolute Gasteiger partial charge is 0.394 e. The van der Waals surface area contributed by atoms with Gasteiger partial charge in [-0.05, 0) is 24.6 Å². The number of aliphatic hydroxyl groups excluding tert-OH is 1. The highest BCUT2D eigenvalue weighted by molar-refractivity contribution is 6.36. The van der Waals surface area contributed by atoms with Gasteiger partial charge in [0, 0.05) is 18.2 Å². The Labute approximate surface area is 121 Å². The van der Waals surface area contributed by atoms with Gasteiger partial charge in [0.2, 0.25) is 0 Å². The van der Waals surface area contributed by atoms with E-state index in [4.69, 9.17) is 33.0 Å². The molecular formula is C12H16Cl2N2O3. The summed E-state index contributed by atoms with van der Waals surface area (Å²) in [7, 11) is 0. The predicted octanol–water partition coefficient (Wildman–Crippen LogP) is 2.51. The maximum absolute atomic E-state index is 11.5. The second kappa shape index (κ2) is 8.98. The number of aliphatic hydroxyl groups is 1. The first-order valence-electron chi connectivity index (χ1n) is 5.82. The van der Waals surface area contributed by atoms with Crippen molar-refractivity contribution in [2.24, 2.45) is 0 Å². The molecule has 0 saturated carbocycles. The molecule has 106 valence electrons. The zero-order valence-electron chi connectivity index (χ0n) is 10.3. The highest BCUT2D eigenvalue weighted by Crippen LogP contribution is 2.25. The summed E-state index contributed by atoms with van der Waals surface area (Å²) in [6.07, 6.45) is 0.668. The fraction of sp³-hybridized carbons (Fsp3) is 0.417. The third kappa shape index (κ3) is 6.63. The summed E-state index contributed by atoms with van der Waals surface area (Å²) in [5, 5.41) is 14.7. The van der Waals surface area contributed by atoms with Crippen LogP contribution in [-0.4, -0.2) is 37.5 Å². The lowest BCUT2D eigenvalue weighted by atomic mass is 10.3. The van der Waals surface area contributed by atoms with Crippen LogP contribution in [0.1, 0.15) is 6.42 Å². The van der Waals surface area contributed by atoms with Gasteiger partial charge < -0.3 is 20.5 Å². The van der Waals surface area contributed by atoms with Crippen LogP contribution >= 0.6 is 23.2 Å². The number of carbonyl (C=O) groups excluding carboxylic acids is 1. The molecule has 0 saturated heterocycles. The number of hydrogen-bond acceptors (Lipinski definition) is 3. The summed E-state index contributed by atoms with van der Waals surface area (Å²) in [4.78, 5) is 11.5. The Balaban J connectivity index is 2.23. The second-order valence-electron chi connectivity index (χ2n) is 3.69. The van der Waals surface area contributed by atoms with Gasteiger partial charge in [0.15, 0.2) is 0 Å². The summed E-state index contributed by atoms with van der Waals surface area (Å²) in [5.74, 6) is 0. The molecule has 0 heterocycles. The van der Waals surface area contributed by atoms with Crippen molar-refractivity contribution in [3.05, 3.63) is 28.2 Å². The van der Waals surface area contributed by atoms with E-state index in [9.17, 15) is 4.79 Å². The van der Waals surface area contributed by atoms with Crippen LogP contribution in [-0.2, 0) is 4.74 Å². The number of amides is 2. The van der Waals surface area contributed by atoms with Crippen LogP contribution in [0.3, 0.4) is 0 Å². The van der Waals surface area contributed by atoms with Crippen LogP contribution in [0.4, 0.5) is 10.5 Å². The monoisotopic (exact) mass is 306 g/mol. The Kier molecular flexibility index (Phi) is 7.59. The average Bonchev–Trinajstić information content (AvgIpc) is 2.37. The van der Waals surface area contributed by atoms with Gasteiger partial charge in [-0.2, -0.15) is 0 Å². The van der Waals surface area contributed by atoms with Crippen LogP contribution in [0.2, 0.25) is 10.0 Å². The highest BCUT2D eigenvalue weighted by Gasteiger charge is 2.05. The Morgan fingerprint density at radius 2 is 2.11 bits per heavy atom. The van der Waals surface area contributed by atoms with Crippen molar-refractivity contribution in [1.82, 2.24) is 5.32 Å². The lowest BCUT2D eigenvalue weighted by Gasteiger charge is -2.09. The molecule has 0 aliphatic carbocycles. The topological polar surface area (TPSA) is 70.6 Å². The molecule has 1 rings (SSSR count). The molecule has 0 atom stereocenters. The molecule has 3 N–H and O–H groups in total. The number of urea groups is 1. The van der Waals surface area contributed by atoms with Gasteiger partial charge in [-0.25, -0.2) is 4.79 Å². The third-order valence-electron chi connectivity index (χ3n) is 2.17. The average molecular weight is 307 g/mol. The van der Waals surface area contributed by atoms with E-state index >= 15 is 0 Å². The second-order valence-corrected chi connectivity index (χ2v) is 4.54. The summed E-state index contributed by atoms with van der Waals surface area (Å²) in [5.41, 5.74) is 0.500. The van der Waals surface area contributed by atoms with E-state index in [1.807, 2.05) is 0 Å². The number of carbonyl (C=O) groups is 1. The van der Waals surface area contributed by atoms with E-state index in [-0.39, 0.29) is 12.6 Å². The van der Waals surface area contributed by atoms with Gasteiger partial charge in [-0.1, -0.05) is 23.2 Å². The first-order valence-corrected chi connectivity index (χ1v) is 6.57. The zero-order chi connectivity index (χ0) is 14.1. The normalized spacial score (nSPS) is 10.3. The smallest absolute Gasteiger partial charge is 0.319 e. The molecule has 0 aliphatic heterocycles. The molecular weight excluding hydrogens is 291 g/mol. The van der Waals surface area contributed by atoms with Gasteiger partial charge in [-0.3, -0.25) is 0 Å². The van der Waals surface area contributed by atoms with E-state index in [1.54, 1.807) is 18.2 Å². The summed E-state index contributed by atoms with van der Waals surface area (Å²) in [6.45, 7) is 1.28. The molecule has 0 aromatic heterocycles. The predicted molar refractivity (Wildman–Crippen MR) is 76.0 cm³/mol. The number of halogens is 2. The number of ether oxygens (including phenoxy) is 1. The molecule has 1 aromatic rings. The lowest BCUT2D eigenvalue weighted by molar-refractivity contribution is 0.0910. The number of hydrogen-bond donors (Lipinski definition) is 3. The number of nitrogens with one attached hydrogen (secondary N) is 2. The summed E-state index contributed by atoms with van der Waals surface area (Å²) >= 11 is 11.7. The summed E-state index contributed by atoms with van der Waals surface area (Å²) < 4.78 is 5.06. The highest BCUT2D eigenvalue weighted by atomic mass is 35.5. The van der Waals surface area contributed by atoms with E-state index < -0.39 is 0 Å². The van der Waals surface area contributed by atoms with E-state index in [2.05, 4.69) is 10.6 Å². The van der Waals surface area contributed by atoms with E-state index in [0.717, 1.165) is 0 Å². The minimum atomic E-state index is -0.341. The van der Waals surface area contributed by atoms with Gasteiger partial charge in [-0.15, -0.1) is 0 Å². The Morgan fingerprint density at radius 3 is 2.79 bits per heavy atom. The van der Waals surface area contributed by atoms with Crippen LogP contribution < -0.4 is 10.6 Å². The van der Waals surface area contributed by atoms with Gasteiger partial charge >= 0.3 is 6.03 Å². The Hall–Kier alpha value is -1.01. The van der Waals surface area contributed by atoms with Crippen molar-refractivity contribution in [3.8, 4) is 0 Å². The van der Waals surface area contributed by atoms with Crippen molar-refractivity contribution in [2.45, 2.75) is 6.42 Å². The Bertz CT molecular complexity index is 416. The quantitative estimate of drug-likeness (QED) is 0.678. The molecule has 19 heavy (non-hydrogen) atoms. The first-order chi connectivity index (χ1) is 9.13. The summed E-state index contributed by atoms with van der Waals surface area (Å²) in [6, 6.07) is 4.49. The molecule has 0 unspecified atom stereocenters. The SMILES string of the molecule is O=C(NCCCOCCO)Nc1ccc(Cl)cc1Cl. The molecule has 0 spiro atoms. The molecule has 5 nitrogen and oxygen atoms in total. The zero-order valence-corrected chi connectivity index (χ0v) is 11.8. The Morgan fingerprint density at radius 1 is 1.32 bits per heavy atom. The fourth-order valence-corrected chi connectivity index (χ4v) is 1.76. The molecule has 1 aromatic carbocycles. The minimum absolute atomic E-state index is 0.00296. The molecule has 2 amide bonds. The van der Waals surface area contributed by atoms with Crippen molar-refractivity contribution >= 4 is 34.9 Å². The first kappa shape index (κ1) is 16.0. The standard InChI is InChI=1S/C12H16Cl2N2O3/c13-9-2-3-11(10(14)8-9)16-12(18)15-4-1-6-19-7-5-17/h2-3,8,17H,1,4-7H2,(H2,15,16,18). The maximum atomic E-state index is 11.5. The third-order valence-corrected chi connectivity index (χ3v) is 2.71. The van der Waals surface area contributed by atoms with Crippen molar-refractivity contribution in [1.29, 1.82) is 0 Å². The van der Waals surface area contributed by atoms with Gasteiger partial charge in [0.1, 0.15) is 0 Å². The number of benzene rings is 1. The molecule has 0 radical (unpaired) electrons. The molecule has 0 bridgehead atoms. The fourth-order valence-electron chi connectivity index (χ4n) is 1.30. The van der Waals surface area contributed by atoms with E-state index in [0.29, 0.717) is 41.9 Å². The lowest BCUT2D eigenvalue weighted by Crippen LogP contribution is -2.30. The van der Waals surface area contributed by atoms with Crippen LogP contribution in [0, 0.1) is 0 Å². The van der Waals surface area contributed by atoms with E-state index in [1.165, 1.54) is 0 Å².